The van der Waals surface area contributed by atoms with Crippen LogP contribution >= 0.6 is 11.6 Å². The molecular weight excluding hydrogens is 311 g/mol. The van der Waals surface area contributed by atoms with E-state index in [1.807, 2.05) is 0 Å². The second kappa shape index (κ2) is 7.07. The number of halogens is 2. The van der Waals surface area contributed by atoms with Crippen LogP contribution in [0.15, 0.2) is 18.2 Å². The van der Waals surface area contributed by atoms with Crippen molar-refractivity contribution in [3.63, 3.8) is 0 Å². The molecule has 0 aromatic heterocycles. The predicted octanol–water partition coefficient (Wildman–Crippen LogP) is 1.56. The minimum absolute atomic E-state index is 0.0822. The SMILES string of the molecule is CNC(=O)[C@@H]1CN(C(=O)c2cc(Cl)ccc2F)C[C@H]1COC. The fourth-order valence-corrected chi connectivity index (χ4v) is 2.91. The standard InChI is InChI=1S/C15H18ClFN2O3/c1-18-14(20)12-7-19(6-9(12)8-22-2)15(21)11-5-10(16)3-4-13(11)17/h3-5,9,12H,6-8H2,1-2H3,(H,18,20)/t9-,12+/m0/s1. The van der Waals surface area contributed by atoms with Gasteiger partial charge in [0.2, 0.25) is 5.91 Å². The molecule has 120 valence electrons. The number of nitrogens with one attached hydrogen (secondary N) is 1. The number of carbonyl (C=O) groups is 2. The van der Waals surface area contributed by atoms with Crippen LogP contribution in [0.1, 0.15) is 10.4 Å². The summed E-state index contributed by atoms with van der Waals surface area (Å²) >= 11 is 5.83. The number of hydrogen-bond acceptors (Lipinski definition) is 3. The van der Waals surface area contributed by atoms with Gasteiger partial charge in [-0.1, -0.05) is 11.6 Å². The lowest BCUT2D eigenvalue weighted by atomic mass is 9.96. The van der Waals surface area contributed by atoms with Crippen molar-refractivity contribution < 1.29 is 18.7 Å². The first-order chi connectivity index (χ1) is 10.5. The fraction of sp³-hybridized carbons (Fsp3) is 0.467. The summed E-state index contributed by atoms with van der Waals surface area (Å²) in [5.41, 5.74) is -0.0822. The molecule has 1 saturated heterocycles. The van der Waals surface area contributed by atoms with Gasteiger partial charge in [0.15, 0.2) is 0 Å². The van der Waals surface area contributed by atoms with Crippen molar-refractivity contribution in [2.45, 2.75) is 0 Å². The third-order valence-corrected chi connectivity index (χ3v) is 4.09. The summed E-state index contributed by atoms with van der Waals surface area (Å²) in [6.07, 6.45) is 0. The summed E-state index contributed by atoms with van der Waals surface area (Å²) < 4.78 is 18.9. The summed E-state index contributed by atoms with van der Waals surface area (Å²) in [6, 6.07) is 3.85. The highest BCUT2D eigenvalue weighted by atomic mass is 35.5. The Morgan fingerprint density at radius 3 is 2.82 bits per heavy atom. The van der Waals surface area contributed by atoms with Gasteiger partial charge in [0.1, 0.15) is 5.82 Å². The monoisotopic (exact) mass is 328 g/mol. The third kappa shape index (κ3) is 3.39. The first kappa shape index (κ1) is 16.7. The molecule has 1 N–H and O–H groups in total. The van der Waals surface area contributed by atoms with Gasteiger partial charge in [0, 0.05) is 38.2 Å². The van der Waals surface area contributed by atoms with Crippen LogP contribution in [-0.4, -0.2) is 50.6 Å². The summed E-state index contributed by atoms with van der Waals surface area (Å²) in [4.78, 5) is 25.9. The lowest BCUT2D eigenvalue weighted by Crippen LogP contribution is -2.34. The fourth-order valence-electron chi connectivity index (χ4n) is 2.73. The van der Waals surface area contributed by atoms with Gasteiger partial charge in [-0.25, -0.2) is 4.39 Å². The Morgan fingerprint density at radius 1 is 1.45 bits per heavy atom. The van der Waals surface area contributed by atoms with Crippen molar-refractivity contribution >= 4 is 23.4 Å². The lowest BCUT2D eigenvalue weighted by molar-refractivity contribution is -0.125. The highest BCUT2D eigenvalue weighted by Crippen LogP contribution is 2.27. The molecule has 2 amide bonds. The summed E-state index contributed by atoms with van der Waals surface area (Å²) in [5.74, 6) is -1.72. The van der Waals surface area contributed by atoms with E-state index in [1.165, 1.54) is 17.0 Å². The van der Waals surface area contributed by atoms with Gasteiger partial charge in [-0.15, -0.1) is 0 Å². The van der Waals surface area contributed by atoms with Gasteiger partial charge in [0.25, 0.3) is 5.91 Å². The number of ether oxygens (including phenoxy) is 1. The molecular formula is C15H18ClFN2O3. The molecule has 2 atom stereocenters. The van der Waals surface area contributed by atoms with Gasteiger partial charge < -0.3 is 15.0 Å². The minimum atomic E-state index is -0.624. The van der Waals surface area contributed by atoms with Crippen molar-refractivity contribution in [3.8, 4) is 0 Å². The number of likely N-dealkylation sites (tertiary alicyclic amines) is 1. The number of carbonyl (C=O) groups excluding carboxylic acids is 2. The molecule has 7 heteroatoms. The van der Waals surface area contributed by atoms with Crippen LogP contribution in [0.5, 0.6) is 0 Å². The van der Waals surface area contributed by atoms with Crippen LogP contribution < -0.4 is 5.32 Å². The zero-order chi connectivity index (χ0) is 16.3. The molecule has 1 fully saturated rings. The topological polar surface area (TPSA) is 58.6 Å². The van der Waals surface area contributed by atoms with Crippen LogP contribution in [0.4, 0.5) is 4.39 Å². The zero-order valence-electron chi connectivity index (χ0n) is 12.4. The number of hydrogen-bond donors (Lipinski definition) is 1. The maximum Gasteiger partial charge on any atom is 0.256 e. The molecule has 0 unspecified atom stereocenters. The van der Waals surface area contributed by atoms with Crippen molar-refractivity contribution in [1.82, 2.24) is 10.2 Å². The molecule has 0 bridgehead atoms. The number of methoxy groups -OCH3 is 1. The summed E-state index contributed by atoms with van der Waals surface area (Å²) in [7, 11) is 3.09. The highest BCUT2D eigenvalue weighted by molar-refractivity contribution is 6.31. The Hall–Kier alpha value is -1.66. The van der Waals surface area contributed by atoms with E-state index in [9.17, 15) is 14.0 Å². The van der Waals surface area contributed by atoms with Crippen molar-refractivity contribution in [2.75, 3.05) is 33.9 Å². The predicted molar refractivity (Wildman–Crippen MR) is 80.2 cm³/mol. The summed E-state index contributed by atoms with van der Waals surface area (Å²) in [5, 5.41) is 2.88. The zero-order valence-corrected chi connectivity index (χ0v) is 13.2. The molecule has 1 aliphatic rings. The Kier molecular flexibility index (Phi) is 5.37. The molecule has 1 aromatic carbocycles. The van der Waals surface area contributed by atoms with E-state index in [1.54, 1.807) is 14.2 Å². The molecule has 0 spiro atoms. The number of nitrogens with zero attached hydrogens (tertiary/aromatic N) is 1. The Labute approximate surface area is 133 Å². The molecule has 0 saturated carbocycles. The maximum absolute atomic E-state index is 13.8. The van der Waals surface area contributed by atoms with Crippen molar-refractivity contribution in [1.29, 1.82) is 0 Å². The van der Waals surface area contributed by atoms with E-state index < -0.39 is 11.7 Å². The van der Waals surface area contributed by atoms with E-state index in [-0.39, 0.29) is 29.9 Å². The van der Waals surface area contributed by atoms with Gasteiger partial charge >= 0.3 is 0 Å². The number of amides is 2. The largest absolute Gasteiger partial charge is 0.384 e. The van der Waals surface area contributed by atoms with Crippen molar-refractivity contribution in [2.24, 2.45) is 11.8 Å². The van der Waals surface area contributed by atoms with Gasteiger partial charge in [-0.2, -0.15) is 0 Å². The molecule has 0 aliphatic carbocycles. The first-order valence-electron chi connectivity index (χ1n) is 6.92. The number of benzene rings is 1. The van der Waals surface area contributed by atoms with Crippen LogP contribution in [0, 0.1) is 17.7 Å². The Balaban J connectivity index is 2.20. The highest BCUT2D eigenvalue weighted by Gasteiger charge is 2.39. The Morgan fingerprint density at radius 2 is 2.18 bits per heavy atom. The maximum atomic E-state index is 13.8. The minimum Gasteiger partial charge on any atom is -0.384 e. The average Bonchev–Trinajstić information content (AvgIpc) is 2.92. The molecule has 22 heavy (non-hydrogen) atoms. The Bertz CT molecular complexity index is 582. The second-order valence-electron chi connectivity index (χ2n) is 5.27. The third-order valence-electron chi connectivity index (χ3n) is 3.85. The number of rotatable bonds is 4. The second-order valence-corrected chi connectivity index (χ2v) is 5.71. The molecule has 2 rings (SSSR count). The van der Waals surface area contributed by atoms with E-state index in [2.05, 4.69) is 5.32 Å². The average molecular weight is 329 g/mol. The normalized spacial score (nSPS) is 21.0. The van der Waals surface area contributed by atoms with Crippen LogP contribution in [0.2, 0.25) is 5.02 Å². The van der Waals surface area contributed by atoms with Crippen LogP contribution in [0.3, 0.4) is 0 Å². The molecule has 1 aromatic rings. The molecule has 1 heterocycles. The molecule has 0 radical (unpaired) electrons. The quantitative estimate of drug-likeness (QED) is 0.912. The van der Waals surface area contributed by atoms with E-state index in [0.29, 0.717) is 18.2 Å². The first-order valence-corrected chi connectivity index (χ1v) is 7.30. The van der Waals surface area contributed by atoms with Crippen molar-refractivity contribution in [3.05, 3.63) is 34.6 Å². The molecule has 5 nitrogen and oxygen atoms in total. The molecule has 1 aliphatic heterocycles. The van der Waals surface area contributed by atoms with E-state index in [4.69, 9.17) is 16.3 Å². The smallest absolute Gasteiger partial charge is 0.256 e. The van der Waals surface area contributed by atoms with E-state index >= 15 is 0 Å². The van der Waals surface area contributed by atoms with E-state index in [0.717, 1.165) is 6.07 Å². The van der Waals surface area contributed by atoms with Gasteiger partial charge in [0.05, 0.1) is 18.1 Å². The lowest BCUT2D eigenvalue weighted by Gasteiger charge is -2.16. The summed E-state index contributed by atoms with van der Waals surface area (Å²) in [6.45, 7) is 0.940. The van der Waals surface area contributed by atoms with Crippen LogP contribution in [-0.2, 0) is 9.53 Å². The van der Waals surface area contributed by atoms with Crippen LogP contribution in [0.25, 0.3) is 0 Å². The van der Waals surface area contributed by atoms with Gasteiger partial charge in [-0.3, -0.25) is 9.59 Å². The van der Waals surface area contributed by atoms with Gasteiger partial charge in [-0.05, 0) is 18.2 Å².